The second-order valence-electron chi connectivity index (χ2n) is 5.47. The first-order chi connectivity index (χ1) is 8.31. The third-order valence-corrected chi connectivity index (χ3v) is 4.94. The number of ether oxygens (including phenoxy) is 1. The highest BCUT2D eigenvalue weighted by Gasteiger charge is 2.48. The molecule has 2 heteroatoms. The fourth-order valence-corrected chi connectivity index (χ4v) is 3.87. The van der Waals surface area contributed by atoms with Gasteiger partial charge in [-0.15, -0.1) is 0 Å². The molecule has 2 N–H and O–H groups in total. The Bertz CT molecular complexity index is 423. The van der Waals surface area contributed by atoms with Gasteiger partial charge in [0, 0.05) is 0 Å². The Labute approximate surface area is 103 Å². The molecule has 0 aliphatic heterocycles. The maximum Gasteiger partial charge on any atom is 0.122 e. The third-order valence-electron chi connectivity index (χ3n) is 4.94. The van der Waals surface area contributed by atoms with Crippen molar-refractivity contribution < 1.29 is 4.74 Å². The lowest BCUT2D eigenvalue weighted by Crippen LogP contribution is -2.48. The molecule has 2 aliphatic carbocycles. The molecule has 1 unspecified atom stereocenters. The molecule has 0 heterocycles. The van der Waals surface area contributed by atoms with Crippen LogP contribution >= 0.6 is 0 Å². The highest BCUT2D eigenvalue weighted by atomic mass is 16.5. The van der Waals surface area contributed by atoms with Crippen molar-refractivity contribution in [3.05, 3.63) is 29.3 Å². The zero-order valence-corrected chi connectivity index (χ0v) is 10.5. The predicted molar refractivity (Wildman–Crippen MR) is 69.4 cm³/mol. The van der Waals surface area contributed by atoms with Crippen LogP contribution in [0.1, 0.15) is 36.8 Å². The second kappa shape index (κ2) is 4.02. The maximum atomic E-state index is 5.98. The van der Waals surface area contributed by atoms with Gasteiger partial charge in [0.25, 0.3) is 0 Å². The van der Waals surface area contributed by atoms with E-state index in [1.807, 2.05) is 0 Å². The lowest BCUT2D eigenvalue weighted by Gasteiger charge is -2.52. The van der Waals surface area contributed by atoms with Crippen LogP contribution in [0.15, 0.2) is 18.2 Å². The summed E-state index contributed by atoms with van der Waals surface area (Å²) >= 11 is 0. The van der Waals surface area contributed by atoms with Gasteiger partial charge in [-0.05, 0) is 60.8 Å². The van der Waals surface area contributed by atoms with Crippen LogP contribution < -0.4 is 10.5 Å². The first-order valence-corrected chi connectivity index (χ1v) is 6.68. The van der Waals surface area contributed by atoms with Gasteiger partial charge in [0.1, 0.15) is 5.75 Å². The average molecular weight is 231 g/mol. The van der Waals surface area contributed by atoms with Crippen LogP contribution in [0.4, 0.5) is 0 Å². The smallest absolute Gasteiger partial charge is 0.122 e. The Morgan fingerprint density at radius 1 is 1.41 bits per heavy atom. The quantitative estimate of drug-likeness (QED) is 0.849. The standard InChI is InChI=1S/C15H21NO/c1-17-14-5-2-4-13-12(14)7-6-11(10-16)15(13)8-3-9-15/h2,4-5,11H,3,6-10,16H2,1H3. The van der Waals surface area contributed by atoms with Crippen molar-refractivity contribution in [2.75, 3.05) is 13.7 Å². The number of rotatable bonds is 2. The molecule has 1 spiro atoms. The molecule has 0 bridgehead atoms. The van der Waals surface area contributed by atoms with E-state index in [1.54, 1.807) is 7.11 Å². The third kappa shape index (κ3) is 1.43. The van der Waals surface area contributed by atoms with Crippen LogP contribution in [0.5, 0.6) is 5.75 Å². The zero-order chi connectivity index (χ0) is 11.9. The van der Waals surface area contributed by atoms with E-state index < -0.39 is 0 Å². The Kier molecular flexibility index (Phi) is 2.62. The molecule has 1 fully saturated rings. The molecule has 2 nitrogen and oxygen atoms in total. The molecular formula is C15H21NO. The van der Waals surface area contributed by atoms with Crippen molar-refractivity contribution in [3.8, 4) is 5.75 Å². The van der Waals surface area contributed by atoms with Crippen LogP contribution in [0, 0.1) is 5.92 Å². The van der Waals surface area contributed by atoms with Crippen LogP contribution in [-0.2, 0) is 11.8 Å². The summed E-state index contributed by atoms with van der Waals surface area (Å²) in [7, 11) is 1.78. The Morgan fingerprint density at radius 2 is 2.24 bits per heavy atom. The molecule has 17 heavy (non-hydrogen) atoms. The Morgan fingerprint density at radius 3 is 2.82 bits per heavy atom. The van der Waals surface area contributed by atoms with Gasteiger partial charge in [-0.2, -0.15) is 0 Å². The molecule has 1 aromatic carbocycles. The molecule has 1 saturated carbocycles. The monoisotopic (exact) mass is 231 g/mol. The molecule has 0 amide bonds. The number of benzene rings is 1. The molecule has 0 aromatic heterocycles. The van der Waals surface area contributed by atoms with Crippen molar-refractivity contribution >= 4 is 0 Å². The number of fused-ring (bicyclic) bond motifs is 2. The zero-order valence-electron chi connectivity index (χ0n) is 10.5. The summed E-state index contributed by atoms with van der Waals surface area (Å²) in [6.07, 6.45) is 6.34. The summed E-state index contributed by atoms with van der Waals surface area (Å²) in [6, 6.07) is 6.53. The number of nitrogens with two attached hydrogens (primary N) is 1. The van der Waals surface area contributed by atoms with Gasteiger partial charge in [0.2, 0.25) is 0 Å². The van der Waals surface area contributed by atoms with Crippen molar-refractivity contribution in [1.82, 2.24) is 0 Å². The summed E-state index contributed by atoms with van der Waals surface area (Å²) in [5.41, 5.74) is 9.35. The van der Waals surface area contributed by atoms with Crippen LogP contribution in [0.3, 0.4) is 0 Å². The van der Waals surface area contributed by atoms with Crippen molar-refractivity contribution in [3.63, 3.8) is 0 Å². The number of hydrogen-bond acceptors (Lipinski definition) is 2. The summed E-state index contributed by atoms with van der Waals surface area (Å²) in [4.78, 5) is 0. The highest BCUT2D eigenvalue weighted by molar-refractivity contribution is 5.47. The van der Waals surface area contributed by atoms with Gasteiger partial charge >= 0.3 is 0 Å². The van der Waals surface area contributed by atoms with Gasteiger partial charge in [0.15, 0.2) is 0 Å². The molecule has 2 aliphatic rings. The number of hydrogen-bond donors (Lipinski definition) is 1. The normalized spacial score (nSPS) is 25.2. The Balaban J connectivity index is 2.10. The van der Waals surface area contributed by atoms with Gasteiger partial charge < -0.3 is 10.5 Å². The SMILES string of the molecule is COc1cccc2c1CCC(CN)C21CCC1. The van der Waals surface area contributed by atoms with Crippen LogP contribution in [0.2, 0.25) is 0 Å². The van der Waals surface area contributed by atoms with E-state index in [0.717, 1.165) is 18.7 Å². The van der Waals surface area contributed by atoms with Crippen molar-refractivity contribution in [2.24, 2.45) is 11.7 Å². The molecule has 92 valence electrons. The molecule has 0 radical (unpaired) electrons. The lowest BCUT2D eigenvalue weighted by molar-refractivity contribution is 0.128. The highest BCUT2D eigenvalue weighted by Crippen LogP contribution is 2.55. The van der Waals surface area contributed by atoms with Gasteiger partial charge in [0.05, 0.1) is 7.11 Å². The largest absolute Gasteiger partial charge is 0.496 e. The fourth-order valence-electron chi connectivity index (χ4n) is 3.87. The summed E-state index contributed by atoms with van der Waals surface area (Å²) in [5.74, 6) is 1.75. The average Bonchev–Trinajstić information content (AvgIpc) is 2.34. The van der Waals surface area contributed by atoms with E-state index in [4.69, 9.17) is 10.5 Å². The second-order valence-corrected chi connectivity index (χ2v) is 5.47. The molecule has 0 saturated heterocycles. The first kappa shape index (κ1) is 11.1. The van der Waals surface area contributed by atoms with E-state index in [0.29, 0.717) is 11.3 Å². The van der Waals surface area contributed by atoms with Crippen molar-refractivity contribution in [2.45, 2.75) is 37.5 Å². The summed E-state index contributed by atoms with van der Waals surface area (Å²) in [6.45, 7) is 0.830. The first-order valence-electron chi connectivity index (χ1n) is 6.68. The minimum atomic E-state index is 0.386. The molecular weight excluding hydrogens is 210 g/mol. The summed E-state index contributed by atoms with van der Waals surface area (Å²) in [5, 5.41) is 0. The van der Waals surface area contributed by atoms with Gasteiger partial charge in [-0.25, -0.2) is 0 Å². The minimum absolute atomic E-state index is 0.386. The van der Waals surface area contributed by atoms with E-state index in [2.05, 4.69) is 18.2 Å². The molecule has 1 aromatic rings. The minimum Gasteiger partial charge on any atom is -0.496 e. The molecule has 3 rings (SSSR count). The summed E-state index contributed by atoms with van der Waals surface area (Å²) < 4.78 is 5.51. The van der Waals surface area contributed by atoms with E-state index in [-0.39, 0.29) is 0 Å². The van der Waals surface area contributed by atoms with E-state index in [9.17, 15) is 0 Å². The predicted octanol–water partition coefficient (Wildman–Crippen LogP) is 2.64. The van der Waals surface area contributed by atoms with Crippen LogP contribution in [0.25, 0.3) is 0 Å². The maximum absolute atomic E-state index is 5.98. The number of methoxy groups -OCH3 is 1. The van der Waals surface area contributed by atoms with Crippen molar-refractivity contribution in [1.29, 1.82) is 0 Å². The lowest BCUT2D eigenvalue weighted by atomic mass is 9.53. The fraction of sp³-hybridized carbons (Fsp3) is 0.600. The van der Waals surface area contributed by atoms with E-state index in [1.165, 1.54) is 36.8 Å². The van der Waals surface area contributed by atoms with E-state index >= 15 is 0 Å². The van der Waals surface area contributed by atoms with Crippen LogP contribution in [-0.4, -0.2) is 13.7 Å². The topological polar surface area (TPSA) is 35.2 Å². The van der Waals surface area contributed by atoms with Gasteiger partial charge in [-0.1, -0.05) is 18.6 Å². The molecule has 1 atom stereocenters. The Hall–Kier alpha value is -1.02. The van der Waals surface area contributed by atoms with Gasteiger partial charge in [-0.3, -0.25) is 0 Å².